The molecule has 1 aromatic carbocycles. The number of rotatable bonds is 2. The predicted molar refractivity (Wildman–Crippen MR) is 60.4 cm³/mol. The van der Waals surface area contributed by atoms with Crippen molar-refractivity contribution in [3.63, 3.8) is 0 Å². The van der Waals surface area contributed by atoms with E-state index in [1.54, 1.807) is 11.3 Å². The summed E-state index contributed by atoms with van der Waals surface area (Å²) in [4.78, 5) is 11.5. The molecule has 2 rings (SSSR count). The van der Waals surface area contributed by atoms with Gasteiger partial charge in [-0.25, -0.2) is 0 Å². The van der Waals surface area contributed by atoms with Crippen molar-refractivity contribution in [1.82, 2.24) is 0 Å². The molecule has 1 aromatic heterocycles. The van der Waals surface area contributed by atoms with Gasteiger partial charge in [-0.3, -0.25) is 4.79 Å². The highest BCUT2D eigenvalue weighted by Gasteiger charge is 2.10. The van der Waals surface area contributed by atoms with Gasteiger partial charge in [0.2, 0.25) is 0 Å². The van der Waals surface area contributed by atoms with E-state index in [9.17, 15) is 4.79 Å². The summed E-state index contributed by atoms with van der Waals surface area (Å²) in [7, 11) is 0. The normalized spacial score (nSPS) is 10.7. The number of hydrogen-bond acceptors (Lipinski definition) is 4. The Balaban J connectivity index is 2.87. The van der Waals surface area contributed by atoms with E-state index in [0.717, 1.165) is 16.4 Å². The standard InChI is InChI=1S/C10H8O2S2/c11-4-6-3-9-7(1-2-14-9)8(5-12)10(6)13/h1-3,5,11,13H,4H2. The molecule has 2 aromatic rings. The molecular weight excluding hydrogens is 216 g/mol. The van der Waals surface area contributed by atoms with E-state index < -0.39 is 0 Å². The van der Waals surface area contributed by atoms with Crippen LogP contribution in [-0.2, 0) is 6.61 Å². The zero-order chi connectivity index (χ0) is 10.1. The molecular formula is C10H8O2S2. The quantitative estimate of drug-likeness (QED) is 0.607. The number of carbonyl (C=O) groups excluding carboxylic acids is 1. The van der Waals surface area contributed by atoms with Crippen molar-refractivity contribution in [1.29, 1.82) is 0 Å². The van der Waals surface area contributed by atoms with E-state index in [0.29, 0.717) is 16.0 Å². The summed E-state index contributed by atoms with van der Waals surface area (Å²) < 4.78 is 1.01. The van der Waals surface area contributed by atoms with Crippen LogP contribution in [0.4, 0.5) is 0 Å². The van der Waals surface area contributed by atoms with Crippen molar-refractivity contribution in [3.8, 4) is 0 Å². The lowest BCUT2D eigenvalue weighted by Crippen LogP contribution is -1.92. The number of aliphatic hydroxyl groups is 1. The van der Waals surface area contributed by atoms with E-state index in [1.807, 2.05) is 17.5 Å². The third-order valence-electron chi connectivity index (χ3n) is 2.14. The SMILES string of the molecule is O=Cc1c(S)c(CO)cc2sccc12. The second-order valence-corrected chi connectivity index (χ2v) is 4.30. The first-order chi connectivity index (χ1) is 6.77. The van der Waals surface area contributed by atoms with Gasteiger partial charge in [0, 0.05) is 20.5 Å². The zero-order valence-electron chi connectivity index (χ0n) is 7.23. The monoisotopic (exact) mass is 224 g/mol. The third kappa shape index (κ3) is 1.35. The molecule has 2 nitrogen and oxygen atoms in total. The van der Waals surface area contributed by atoms with Crippen molar-refractivity contribution in [2.75, 3.05) is 0 Å². The minimum atomic E-state index is -0.0898. The molecule has 0 bridgehead atoms. The summed E-state index contributed by atoms with van der Waals surface area (Å²) in [5, 5.41) is 11.9. The van der Waals surface area contributed by atoms with Crippen molar-refractivity contribution >= 4 is 40.3 Å². The largest absolute Gasteiger partial charge is 0.392 e. The Bertz CT molecular complexity index is 488. The van der Waals surface area contributed by atoms with E-state index in [2.05, 4.69) is 12.6 Å². The number of hydrogen-bond donors (Lipinski definition) is 2. The molecule has 14 heavy (non-hydrogen) atoms. The summed E-state index contributed by atoms with van der Waals surface area (Å²) in [6.07, 6.45) is 0.788. The summed E-state index contributed by atoms with van der Waals surface area (Å²) in [5.74, 6) is 0. The van der Waals surface area contributed by atoms with Gasteiger partial charge in [-0.05, 0) is 23.1 Å². The molecule has 0 saturated heterocycles. The van der Waals surface area contributed by atoms with Crippen molar-refractivity contribution < 1.29 is 9.90 Å². The van der Waals surface area contributed by atoms with Crippen LogP contribution in [0.3, 0.4) is 0 Å². The number of aliphatic hydroxyl groups excluding tert-OH is 1. The Kier molecular flexibility index (Phi) is 2.58. The number of aldehydes is 1. The van der Waals surface area contributed by atoms with Crippen LogP contribution in [0.5, 0.6) is 0 Å². The fraction of sp³-hybridized carbons (Fsp3) is 0.100. The van der Waals surface area contributed by atoms with Gasteiger partial charge in [-0.1, -0.05) is 0 Å². The summed E-state index contributed by atoms with van der Waals surface area (Å²) >= 11 is 5.79. The summed E-state index contributed by atoms with van der Waals surface area (Å²) in [5.41, 5.74) is 1.27. The second kappa shape index (κ2) is 3.73. The van der Waals surface area contributed by atoms with Crippen LogP contribution >= 0.6 is 24.0 Å². The van der Waals surface area contributed by atoms with Crippen LogP contribution in [-0.4, -0.2) is 11.4 Å². The van der Waals surface area contributed by atoms with E-state index >= 15 is 0 Å². The molecule has 0 saturated carbocycles. The van der Waals surface area contributed by atoms with Gasteiger partial charge in [0.1, 0.15) is 0 Å². The minimum Gasteiger partial charge on any atom is -0.392 e. The van der Waals surface area contributed by atoms with E-state index in [1.165, 1.54) is 0 Å². The Labute approximate surface area is 90.6 Å². The second-order valence-electron chi connectivity index (χ2n) is 2.91. The average Bonchev–Trinajstić information content (AvgIpc) is 2.64. The average molecular weight is 224 g/mol. The van der Waals surface area contributed by atoms with Crippen LogP contribution < -0.4 is 0 Å². The van der Waals surface area contributed by atoms with Gasteiger partial charge >= 0.3 is 0 Å². The highest BCUT2D eigenvalue weighted by atomic mass is 32.1. The number of fused-ring (bicyclic) bond motifs is 1. The molecule has 0 fully saturated rings. The fourth-order valence-electron chi connectivity index (χ4n) is 1.42. The highest BCUT2D eigenvalue weighted by Crippen LogP contribution is 2.30. The number of thiol groups is 1. The molecule has 1 N–H and O–H groups in total. The first kappa shape index (κ1) is 9.71. The number of thiophene rings is 1. The molecule has 1 heterocycles. The lowest BCUT2D eigenvalue weighted by atomic mass is 10.1. The van der Waals surface area contributed by atoms with Gasteiger partial charge in [-0.2, -0.15) is 0 Å². The number of benzene rings is 1. The van der Waals surface area contributed by atoms with E-state index in [4.69, 9.17) is 5.11 Å². The lowest BCUT2D eigenvalue weighted by molar-refractivity contribution is 0.112. The first-order valence-electron chi connectivity index (χ1n) is 4.06. The van der Waals surface area contributed by atoms with Crippen LogP contribution in [0.1, 0.15) is 15.9 Å². The molecule has 0 amide bonds. The summed E-state index contributed by atoms with van der Waals surface area (Å²) in [6.45, 7) is -0.0898. The first-order valence-corrected chi connectivity index (χ1v) is 5.38. The molecule has 0 aliphatic carbocycles. The predicted octanol–water partition coefficient (Wildman–Crippen LogP) is 2.49. The topological polar surface area (TPSA) is 37.3 Å². The highest BCUT2D eigenvalue weighted by molar-refractivity contribution is 7.80. The van der Waals surface area contributed by atoms with Crippen molar-refractivity contribution in [2.24, 2.45) is 0 Å². The lowest BCUT2D eigenvalue weighted by Gasteiger charge is -2.05. The maximum atomic E-state index is 10.9. The Morgan fingerprint density at radius 2 is 2.36 bits per heavy atom. The van der Waals surface area contributed by atoms with Gasteiger partial charge < -0.3 is 5.11 Å². The smallest absolute Gasteiger partial charge is 0.151 e. The zero-order valence-corrected chi connectivity index (χ0v) is 8.94. The molecule has 0 aliphatic heterocycles. The molecule has 72 valence electrons. The summed E-state index contributed by atoms with van der Waals surface area (Å²) in [6, 6.07) is 3.76. The van der Waals surface area contributed by atoms with Gasteiger partial charge in [0.05, 0.1) is 6.61 Å². The van der Waals surface area contributed by atoms with Crippen LogP contribution in [0, 0.1) is 0 Å². The molecule has 0 unspecified atom stereocenters. The van der Waals surface area contributed by atoms with Gasteiger partial charge in [0.15, 0.2) is 6.29 Å². The van der Waals surface area contributed by atoms with Crippen molar-refractivity contribution in [2.45, 2.75) is 11.5 Å². The Morgan fingerprint density at radius 1 is 1.57 bits per heavy atom. The number of carbonyl (C=O) groups is 1. The third-order valence-corrected chi connectivity index (χ3v) is 3.53. The van der Waals surface area contributed by atoms with Gasteiger partial charge in [0.25, 0.3) is 0 Å². The van der Waals surface area contributed by atoms with Crippen LogP contribution in [0.15, 0.2) is 22.4 Å². The molecule has 0 spiro atoms. The van der Waals surface area contributed by atoms with Crippen LogP contribution in [0.2, 0.25) is 0 Å². The van der Waals surface area contributed by atoms with Crippen LogP contribution in [0.25, 0.3) is 10.1 Å². The molecule has 0 atom stereocenters. The van der Waals surface area contributed by atoms with Crippen molar-refractivity contribution in [3.05, 3.63) is 28.6 Å². The van der Waals surface area contributed by atoms with Gasteiger partial charge in [-0.15, -0.1) is 24.0 Å². The molecule has 4 heteroatoms. The maximum absolute atomic E-state index is 10.9. The Hall–Kier alpha value is -0.840. The molecule has 0 radical (unpaired) electrons. The minimum absolute atomic E-state index is 0.0898. The van der Waals surface area contributed by atoms with E-state index in [-0.39, 0.29) is 6.61 Å². The fourth-order valence-corrected chi connectivity index (χ4v) is 2.60. The Morgan fingerprint density at radius 3 is 3.00 bits per heavy atom. The molecule has 0 aliphatic rings. The maximum Gasteiger partial charge on any atom is 0.151 e.